The molecule has 1 aromatic rings. The molecule has 0 atom stereocenters. The molecule has 0 spiro atoms. The van der Waals surface area contributed by atoms with E-state index < -0.39 is 11.9 Å². The summed E-state index contributed by atoms with van der Waals surface area (Å²) < 4.78 is 4.81. The highest BCUT2D eigenvalue weighted by atomic mass is 16.5. The van der Waals surface area contributed by atoms with Crippen LogP contribution in [0.25, 0.3) is 0 Å². The Hall–Kier alpha value is -2.04. The van der Waals surface area contributed by atoms with E-state index in [0.29, 0.717) is 5.75 Å². The summed E-state index contributed by atoms with van der Waals surface area (Å²) in [6.45, 7) is 0.972. The van der Waals surface area contributed by atoms with Gasteiger partial charge < -0.3 is 24.5 Å². The zero-order valence-electron chi connectivity index (χ0n) is 8.35. The number of carbonyl (C=O) groups excluding carboxylic acids is 2. The van der Waals surface area contributed by atoms with E-state index in [4.69, 9.17) is 14.6 Å². The molecule has 0 radical (unpaired) electrons. The first-order valence-corrected chi connectivity index (χ1v) is 4.00. The van der Waals surface area contributed by atoms with E-state index in [1.165, 1.54) is 19.2 Å². The number of rotatable bonds is 2. The van der Waals surface area contributed by atoms with Crippen LogP contribution >= 0.6 is 0 Å². The number of carbonyl (C=O) groups is 2. The topological polar surface area (TPSA) is 89.5 Å². The van der Waals surface area contributed by atoms with E-state index in [-0.39, 0.29) is 5.56 Å². The Morgan fingerprint density at radius 1 is 1.27 bits per heavy atom. The lowest BCUT2D eigenvalue weighted by Crippen LogP contribution is -2.21. The van der Waals surface area contributed by atoms with Gasteiger partial charge in [0.1, 0.15) is 5.75 Å². The van der Waals surface area contributed by atoms with Gasteiger partial charge >= 0.3 is 0 Å². The molecule has 5 nitrogen and oxygen atoms in total. The van der Waals surface area contributed by atoms with Gasteiger partial charge in [-0.25, -0.2) is 0 Å². The monoisotopic (exact) mass is 210 g/mol. The molecule has 0 N–H and O–H groups in total. The summed E-state index contributed by atoms with van der Waals surface area (Å²) in [6.07, 6.45) is 0. The zero-order chi connectivity index (χ0) is 11.8. The summed E-state index contributed by atoms with van der Waals surface area (Å²) >= 11 is 0. The molecule has 0 saturated carbocycles. The first kappa shape index (κ1) is 13.0. The average Bonchev–Trinajstić information content (AvgIpc) is 2.17. The maximum Gasteiger partial charge on any atom is 0.119 e. The predicted molar refractivity (Wildman–Crippen MR) is 48.0 cm³/mol. The number of hydrogen-bond acceptors (Lipinski definition) is 5. The van der Waals surface area contributed by atoms with Gasteiger partial charge in [-0.3, -0.25) is 0 Å². The van der Waals surface area contributed by atoms with Crippen molar-refractivity contribution in [2.24, 2.45) is 0 Å². The van der Waals surface area contributed by atoms with E-state index in [1.807, 2.05) is 0 Å². The number of carboxylic acid groups (broad SMARTS) is 2. The number of carboxylic acids is 2. The van der Waals surface area contributed by atoms with Gasteiger partial charge in [-0.2, -0.15) is 0 Å². The predicted octanol–water partition coefficient (Wildman–Crippen LogP) is -1.19. The fourth-order valence-corrected chi connectivity index (χ4v) is 0.750. The Labute approximate surface area is 86.9 Å². The molecule has 0 unspecified atom stereocenters. The molecular formula is C10H10O5-2. The van der Waals surface area contributed by atoms with Gasteiger partial charge in [0.15, 0.2) is 0 Å². The van der Waals surface area contributed by atoms with Crippen molar-refractivity contribution in [1.29, 1.82) is 0 Å². The van der Waals surface area contributed by atoms with Gasteiger partial charge in [0, 0.05) is 11.5 Å². The van der Waals surface area contributed by atoms with Gasteiger partial charge in [-0.05, 0) is 19.1 Å². The highest BCUT2D eigenvalue weighted by Crippen LogP contribution is 2.11. The van der Waals surface area contributed by atoms with Crippen molar-refractivity contribution >= 4 is 11.9 Å². The maximum atomic E-state index is 10.3. The first-order valence-electron chi connectivity index (χ1n) is 4.00. The lowest BCUT2D eigenvalue weighted by Gasteiger charge is -2.03. The summed E-state index contributed by atoms with van der Waals surface area (Å²) in [4.78, 5) is 19.2. The van der Waals surface area contributed by atoms with Crippen LogP contribution in [0.3, 0.4) is 0 Å². The van der Waals surface area contributed by atoms with Crippen LogP contribution in [0.2, 0.25) is 0 Å². The van der Waals surface area contributed by atoms with Crippen LogP contribution in [0, 0.1) is 0 Å². The minimum Gasteiger partial charge on any atom is -0.550 e. The average molecular weight is 210 g/mol. The quantitative estimate of drug-likeness (QED) is 0.612. The fourth-order valence-electron chi connectivity index (χ4n) is 0.750. The van der Waals surface area contributed by atoms with Crippen LogP contribution in [0.4, 0.5) is 0 Å². The molecule has 0 aliphatic heterocycles. The first-order chi connectivity index (χ1) is 6.97. The van der Waals surface area contributed by atoms with E-state index in [9.17, 15) is 9.90 Å². The van der Waals surface area contributed by atoms with Gasteiger partial charge in [0.05, 0.1) is 13.1 Å². The zero-order valence-corrected chi connectivity index (χ0v) is 8.35. The fraction of sp³-hybridized carbons (Fsp3) is 0.200. The summed E-state index contributed by atoms with van der Waals surface area (Å²) in [5, 5.41) is 19.2. The van der Waals surface area contributed by atoms with Gasteiger partial charge in [-0.1, -0.05) is 12.1 Å². The van der Waals surface area contributed by atoms with Crippen molar-refractivity contribution in [3.63, 3.8) is 0 Å². The molecule has 0 bridgehead atoms. The molecule has 0 aliphatic rings. The normalized spacial score (nSPS) is 8.40. The van der Waals surface area contributed by atoms with Crippen LogP contribution < -0.4 is 14.9 Å². The Morgan fingerprint density at radius 3 is 2.20 bits per heavy atom. The molecule has 0 fully saturated rings. The summed E-state index contributed by atoms with van der Waals surface area (Å²) in [7, 11) is 1.48. The standard InChI is InChI=1S/C8H8O3.C2H4O2/c1-11-7-4-2-3-6(5-7)8(9)10;1-2(3)4/h2-5H,1H3,(H,9,10);1H3,(H,3,4)/p-2. The molecule has 1 aromatic carbocycles. The second-order valence-corrected chi connectivity index (χ2v) is 2.51. The van der Waals surface area contributed by atoms with Crippen molar-refractivity contribution in [2.75, 3.05) is 7.11 Å². The third kappa shape index (κ3) is 6.09. The van der Waals surface area contributed by atoms with Crippen molar-refractivity contribution in [2.45, 2.75) is 6.92 Å². The van der Waals surface area contributed by atoms with Crippen LogP contribution in [0.5, 0.6) is 5.75 Å². The Morgan fingerprint density at radius 2 is 1.80 bits per heavy atom. The molecule has 15 heavy (non-hydrogen) atoms. The van der Waals surface area contributed by atoms with Crippen LogP contribution in [-0.2, 0) is 4.79 Å². The van der Waals surface area contributed by atoms with Crippen LogP contribution in [0.15, 0.2) is 24.3 Å². The van der Waals surface area contributed by atoms with E-state index in [0.717, 1.165) is 6.92 Å². The number of hydrogen-bond donors (Lipinski definition) is 0. The van der Waals surface area contributed by atoms with Crippen molar-refractivity contribution in [3.05, 3.63) is 29.8 Å². The molecular weight excluding hydrogens is 200 g/mol. The largest absolute Gasteiger partial charge is 0.550 e. The Balaban J connectivity index is 0.000000423. The van der Waals surface area contributed by atoms with E-state index in [2.05, 4.69) is 0 Å². The number of aromatic carboxylic acids is 1. The number of ether oxygens (including phenoxy) is 1. The smallest absolute Gasteiger partial charge is 0.119 e. The van der Waals surface area contributed by atoms with Gasteiger partial charge in [0.2, 0.25) is 0 Å². The molecule has 0 aromatic heterocycles. The lowest BCUT2D eigenvalue weighted by molar-refractivity contribution is -0.302. The molecule has 0 amide bonds. The van der Waals surface area contributed by atoms with E-state index in [1.54, 1.807) is 12.1 Å². The molecule has 0 aliphatic carbocycles. The summed E-state index contributed by atoms with van der Waals surface area (Å²) in [5.41, 5.74) is 0.129. The number of aliphatic carboxylic acids is 1. The molecule has 1 rings (SSSR count). The molecule has 0 saturated heterocycles. The van der Waals surface area contributed by atoms with E-state index >= 15 is 0 Å². The third-order valence-corrected chi connectivity index (χ3v) is 1.31. The second kappa shape index (κ2) is 6.42. The Bertz CT molecular complexity index is 341. The highest BCUT2D eigenvalue weighted by Gasteiger charge is 1.94. The van der Waals surface area contributed by atoms with Gasteiger partial charge in [0.25, 0.3) is 0 Å². The lowest BCUT2D eigenvalue weighted by atomic mass is 10.2. The number of benzene rings is 1. The summed E-state index contributed by atoms with van der Waals surface area (Å²) in [5.74, 6) is -1.75. The van der Waals surface area contributed by atoms with Crippen LogP contribution in [0.1, 0.15) is 17.3 Å². The maximum absolute atomic E-state index is 10.3. The SMILES string of the molecule is CC(=O)[O-].COc1cccc(C(=O)[O-])c1. The van der Waals surface area contributed by atoms with Crippen molar-refractivity contribution in [3.8, 4) is 5.75 Å². The second-order valence-electron chi connectivity index (χ2n) is 2.51. The van der Waals surface area contributed by atoms with Crippen molar-refractivity contribution < 1.29 is 24.5 Å². The molecule has 0 heterocycles. The highest BCUT2D eigenvalue weighted by molar-refractivity contribution is 5.86. The van der Waals surface area contributed by atoms with Gasteiger partial charge in [-0.15, -0.1) is 0 Å². The molecule has 5 heteroatoms. The summed E-state index contributed by atoms with van der Waals surface area (Å²) in [6, 6.07) is 6.14. The number of methoxy groups -OCH3 is 1. The van der Waals surface area contributed by atoms with Crippen molar-refractivity contribution in [1.82, 2.24) is 0 Å². The Kier molecular flexibility index (Phi) is 5.55. The van der Waals surface area contributed by atoms with Crippen LogP contribution in [-0.4, -0.2) is 19.0 Å². The molecule has 82 valence electrons. The minimum atomic E-state index is -1.19. The third-order valence-electron chi connectivity index (χ3n) is 1.31. The minimum absolute atomic E-state index is 0.129.